The number of nitrogens with one attached hydrogen (secondary N) is 2. The third-order valence-corrected chi connectivity index (χ3v) is 6.78. The van der Waals surface area contributed by atoms with Gasteiger partial charge in [0.2, 0.25) is 5.91 Å². The molecule has 29 heavy (non-hydrogen) atoms. The molecule has 3 rings (SSSR count). The van der Waals surface area contributed by atoms with Crippen molar-refractivity contribution in [2.75, 3.05) is 51.8 Å². The van der Waals surface area contributed by atoms with Crippen molar-refractivity contribution in [1.29, 1.82) is 0 Å². The Bertz CT molecular complexity index is 881. The molecular weight excluding hydrogens is 412 g/mol. The van der Waals surface area contributed by atoms with Crippen LogP contribution in [0.25, 0.3) is 10.4 Å². The fraction of sp³-hybridized carbons (Fsp3) is 0.474. The molecule has 2 heterocycles. The van der Waals surface area contributed by atoms with E-state index in [1.807, 2.05) is 25.1 Å². The van der Waals surface area contributed by atoms with E-state index in [1.165, 1.54) is 18.3 Å². The minimum absolute atomic E-state index is 0.161. The maximum atomic E-state index is 12.9. The second-order valence-corrected chi connectivity index (χ2v) is 8.86. The molecule has 1 aliphatic heterocycles. The number of nitrogens with zero attached hydrogens (tertiary/aromatic N) is 2. The van der Waals surface area contributed by atoms with E-state index in [-0.39, 0.29) is 5.91 Å². The van der Waals surface area contributed by atoms with E-state index in [2.05, 4.69) is 19.9 Å². The van der Waals surface area contributed by atoms with Crippen molar-refractivity contribution in [1.82, 2.24) is 14.6 Å². The fourth-order valence-corrected chi connectivity index (χ4v) is 5.04. The van der Waals surface area contributed by atoms with Crippen molar-refractivity contribution in [2.24, 2.45) is 0 Å². The van der Waals surface area contributed by atoms with Gasteiger partial charge < -0.3 is 14.8 Å². The van der Waals surface area contributed by atoms with Crippen molar-refractivity contribution < 1.29 is 18.5 Å². The van der Waals surface area contributed by atoms with E-state index in [4.69, 9.17) is 9.47 Å². The number of morpholine rings is 1. The van der Waals surface area contributed by atoms with Gasteiger partial charge >= 0.3 is 0 Å². The SMILES string of the molecule is COc1ccc(-c2sc(NC(C)=O)nc2C)cc1S(=O)NCCN1CCOCC1. The van der Waals surface area contributed by atoms with Crippen molar-refractivity contribution in [3.05, 3.63) is 23.9 Å². The summed E-state index contributed by atoms with van der Waals surface area (Å²) in [6, 6.07) is 5.57. The van der Waals surface area contributed by atoms with E-state index >= 15 is 0 Å². The predicted molar refractivity (Wildman–Crippen MR) is 115 cm³/mol. The lowest BCUT2D eigenvalue weighted by molar-refractivity contribution is -0.114. The van der Waals surface area contributed by atoms with Gasteiger partial charge in [-0.2, -0.15) is 0 Å². The predicted octanol–water partition coefficient (Wildman–Crippen LogP) is 2.03. The van der Waals surface area contributed by atoms with Crippen molar-refractivity contribution in [2.45, 2.75) is 18.7 Å². The zero-order chi connectivity index (χ0) is 20.8. The van der Waals surface area contributed by atoms with Gasteiger partial charge in [0.1, 0.15) is 16.7 Å². The standard InChI is InChI=1S/C19H26N4O4S2/c1-13-18(28-19(21-13)22-14(2)24)15-4-5-16(26-3)17(12-15)29(25)20-6-7-23-8-10-27-11-9-23/h4-5,12,20H,6-11H2,1-3H3,(H,21,22,24). The van der Waals surface area contributed by atoms with Crippen molar-refractivity contribution in [3.63, 3.8) is 0 Å². The number of carbonyl (C=O) groups is 1. The van der Waals surface area contributed by atoms with Crippen LogP contribution in [-0.2, 0) is 20.5 Å². The van der Waals surface area contributed by atoms with Crippen LogP contribution in [0.4, 0.5) is 5.13 Å². The van der Waals surface area contributed by atoms with E-state index in [1.54, 1.807) is 7.11 Å². The summed E-state index contributed by atoms with van der Waals surface area (Å²) in [6.45, 7) is 8.04. The van der Waals surface area contributed by atoms with Crippen LogP contribution in [0.1, 0.15) is 12.6 Å². The zero-order valence-electron chi connectivity index (χ0n) is 16.8. The Labute approximate surface area is 177 Å². The third kappa shape index (κ3) is 5.83. The molecule has 1 aromatic heterocycles. The van der Waals surface area contributed by atoms with Crippen LogP contribution in [0.3, 0.4) is 0 Å². The molecule has 1 fully saturated rings. The molecule has 0 saturated carbocycles. The monoisotopic (exact) mass is 438 g/mol. The fourth-order valence-electron chi connectivity index (χ4n) is 3.03. The second-order valence-electron chi connectivity index (χ2n) is 6.60. The number of anilines is 1. The molecule has 1 amide bonds. The van der Waals surface area contributed by atoms with Crippen LogP contribution >= 0.6 is 11.3 Å². The second kappa shape index (κ2) is 10.3. The third-order valence-electron chi connectivity index (χ3n) is 4.47. The lowest BCUT2D eigenvalue weighted by atomic mass is 10.1. The molecule has 2 N–H and O–H groups in total. The van der Waals surface area contributed by atoms with Gasteiger partial charge in [-0.15, -0.1) is 0 Å². The first-order chi connectivity index (χ1) is 14.0. The molecule has 0 aliphatic carbocycles. The number of aromatic nitrogens is 1. The summed E-state index contributed by atoms with van der Waals surface area (Å²) in [4.78, 5) is 19.5. The van der Waals surface area contributed by atoms with Gasteiger partial charge in [-0.05, 0) is 30.7 Å². The number of thiazole rings is 1. The summed E-state index contributed by atoms with van der Waals surface area (Å²) in [6.07, 6.45) is 0. The Morgan fingerprint density at radius 3 is 2.83 bits per heavy atom. The molecule has 0 radical (unpaired) electrons. The Morgan fingerprint density at radius 2 is 2.14 bits per heavy atom. The number of ether oxygens (including phenoxy) is 2. The molecule has 2 aromatic rings. The first kappa shape index (κ1) is 21.8. The smallest absolute Gasteiger partial charge is 0.223 e. The quantitative estimate of drug-likeness (QED) is 0.655. The first-order valence-corrected chi connectivity index (χ1v) is 11.3. The Kier molecular flexibility index (Phi) is 7.73. The van der Waals surface area contributed by atoms with Gasteiger partial charge in [0.25, 0.3) is 0 Å². The lowest BCUT2D eigenvalue weighted by Gasteiger charge is -2.26. The van der Waals surface area contributed by atoms with Gasteiger partial charge in [0, 0.05) is 33.1 Å². The molecule has 1 saturated heterocycles. The van der Waals surface area contributed by atoms with Gasteiger partial charge in [-0.25, -0.2) is 13.9 Å². The number of carbonyl (C=O) groups excluding carboxylic acids is 1. The van der Waals surface area contributed by atoms with Gasteiger partial charge in [-0.1, -0.05) is 11.3 Å². The summed E-state index contributed by atoms with van der Waals surface area (Å²) in [5.41, 5.74) is 1.69. The van der Waals surface area contributed by atoms with Crippen molar-refractivity contribution in [3.8, 4) is 16.2 Å². The number of hydrogen-bond donors (Lipinski definition) is 2. The molecule has 1 atom stereocenters. The number of methoxy groups -OCH3 is 1. The number of rotatable bonds is 8. The van der Waals surface area contributed by atoms with Crippen LogP contribution < -0.4 is 14.8 Å². The van der Waals surface area contributed by atoms with Crippen LogP contribution in [0.5, 0.6) is 5.75 Å². The summed E-state index contributed by atoms with van der Waals surface area (Å²) in [7, 11) is 0.155. The summed E-state index contributed by atoms with van der Waals surface area (Å²) >= 11 is 1.39. The van der Waals surface area contributed by atoms with Crippen LogP contribution in [0, 0.1) is 6.92 Å². The maximum Gasteiger partial charge on any atom is 0.223 e. The largest absolute Gasteiger partial charge is 0.495 e. The average Bonchev–Trinajstić information content (AvgIpc) is 3.07. The highest BCUT2D eigenvalue weighted by Crippen LogP contribution is 2.35. The molecule has 158 valence electrons. The Morgan fingerprint density at radius 1 is 1.38 bits per heavy atom. The summed E-state index contributed by atoms with van der Waals surface area (Å²) in [5.74, 6) is 0.404. The topological polar surface area (TPSA) is 92.8 Å². The Hall–Kier alpha value is -1.85. The number of hydrogen-bond acceptors (Lipinski definition) is 7. The average molecular weight is 439 g/mol. The highest BCUT2D eigenvalue weighted by Gasteiger charge is 2.17. The normalized spacial score (nSPS) is 15.8. The summed E-state index contributed by atoms with van der Waals surface area (Å²) in [5, 5.41) is 3.26. The van der Waals surface area contributed by atoms with Gasteiger partial charge in [0.05, 0.1) is 35.8 Å². The number of amides is 1. The minimum atomic E-state index is -1.41. The number of benzene rings is 1. The lowest BCUT2D eigenvalue weighted by Crippen LogP contribution is -2.40. The highest BCUT2D eigenvalue weighted by atomic mass is 32.2. The minimum Gasteiger partial charge on any atom is -0.495 e. The van der Waals surface area contributed by atoms with E-state index in [9.17, 15) is 9.00 Å². The first-order valence-electron chi connectivity index (χ1n) is 9.36. The maximum absolute atomic E-state index is 12.9. The molecule has 0 bridgehead atoms. The van der Waals surface area contributed by atoms with Crippen LogP contribution in [-0.4, -0.2) is 66.5 Å². The molecule has 1 unspecified atom stereocenters. The van der Waals surface area contributed by atoms with Crippen LogP contribution in [0.15, 0.2) is 23.1 Å². The molecular formula is C19H26N4O4S2. The summed E-state index contributed by atoms with van der Waals surface area (Å²) < 4.78 is 26.7. The number of aryl methyl sites for hydroxylation is 1. The molecule has 1 aliphatic rings. The van der Waals surface area contributed by atoms with Gasteiger partial charge in [-0.3, -0.25) is 9.69 Å². The van der Waals surface area contributed by atoms with Gasteiger partial charge in [0.15, 0.2) is 5.13 Å². The molecule has 0 spiro atoms. The van der Waals surface area contributed by atoms with E-state index < -0.39 is 11.0 Å². The van der Waals surface area contributed by atoms with E-state index in [0.29, 0.717) is 22.3 Å². The highest BCUT2D eigenvalue weighted by molar-refractivity contribution is 7.83. The molecule has 8 nitrogen and oxygen atoms in total. The van der Waals surface area contributed by atoms with E-state index in [0.717, 1.165) is 49.0 Å². The Balaban J connectivity index is 1.73. The zero-order valence-corrected chi connectivity index (χ0v) is 18.5. The molecule has 1 aromatic carbocycles. The van der Waals surface area contributed by atoms with Crippen LogP contribution in [0.2, 0.25) is 0 Å². The molecule has 10 heteroatoms. The van der Waals surface area contributed by atoms with Crippen molar-refractivity contribution >= 4 is 33.4 Å².